The molecule has 0 saturated heterocycles. The standard InChI is InChI=1S/C12H10Br2ClN3/c1-6(2)10-9(14)11(15)18-12(17-10)8-4-3-7(13)5-16-8/h3-6H,1-2H3. The predicted octanol–water partition coefficient (Wildman–Crippen LogP) is 4.84. The van der Waals surface area contributed by atoms with Crippen LogP contribution in [-0.4, -0.2) is 15.0 Å². The second-order valence-electron chi connectivity index (χ2n) is 4.05. The van der Waals surface area contributed by atoms with Crippen LogP contribution in [0.25, 0.3) is 11.5 Å². The van der Waals surface area contributed by atoms with Crippen LogP contribution >= 0.6 is 43.5 Å². The van der Waals surface area contributed by atoms with Crippen molar-refractivity contribution in [1.29, 1.82) is 0 Å². The number of hydrogen-bond donors (Lipinski definition) is 0. The van der Waals surface area contributed by atoms with Crippen molar-refractivity contribution >= 4 is 43.5 Å². The molecule has 2 aromatic heterocycles. The topological polar surface area (TPSA) is 38.7 Å². The van der Waals surface area contributed by atoms with Crippen molar-refractivity contribution in [3.05, 3.63) is 38.1 Å². The molecular weight excluding hydrogens is 381 g/mol. The van der Waals surface area contributed by atoms with Crippen LogP contribution in [0.3, 0.4) is 0 Å². The number of halogens is 3. The lowest BCUT2D eigenvalue weighted by atomic mass is 10.1. The van der Waals surface area contributed by atoms with Gasteiger partial charge in [-0.25, -0.2) is 9.97 Å². The third-order valence-corrected chi connectivity index (χ3v) is 4.09. The van der Waals surface area contributed by atoms with Crippen molar-refractivity contribution in [2.24, 2.45) is 0 Å². The molecule has 0 amide bonds. The summed E-state index contributed by atoms with van der Waals surface area (Å²) < 4.78 is 1.67. The SMILES string of the molecule is CC(C)c1nc(-c2ccc(Br)cn2)nc(Cl)c1Br. The fourth-order valence-electron chi connectivity index (χ4n) is 1.44. The first-order chi connectivity index (χ1) is 8.49. The van der Waals surface area contributed by atoms with Crippen molar-refractivity contribution in [2.45, 2.75) is 19.8 Å². The Balaban J connectivity index is 2.55. The summed E-state index contributed by atoms with van der Waals surface area (Å²) in [4.78, 5) is 13.0. The second-order valence-corrected chi connectivity index (χ2v) is 6.12. The van der Waals surface area contributed by atoms with Crippen LogP contribution in [0.5, 0.6) is 0 Å². The lowest BCUT2D eigenvalue weighted by molar-refractivity contribution is 0.808. The normalized spacial score (nSPS) is 11.0. The molecule has 0 fully saturated rings. The molecule has 0 atom stereocenters. The Bertz CT molecular complexity index is 570. The van der Waals surface area contributed by atoms with Gasteiger partial charge in [-0.15, -0.1) is 0 Å². The molecule has 0 aliphatic carbocycles. The summed E-state index contributed by atoms with van der Waals surface area (Å²) in [6.45, 7) is 4.12. The molecule has 0 unspecified atom stereocenters. The maximum Gasteiger partial charge on any atom is 0.179 e. The Hall–Kier alpha value is -0.520. The zero-order chi connectivity index (χ0) is 13.3. The van der Waals surface area contributed by atoms with E-state index in [1.807, 2.05) is 12.1 Å². The summed E-state index contributed by atoms with van der Waals surface area (Å²) in [6.07, 6.45) is 1.71. The van der Waals surface area contributed by atoms with Gasteiger partial charge >= 0.3 is 0 Å². The Morgan fingerprint density at radius 2 is 1.89 bits per heavy atom. The van der Waals surface area contributed by atoms with E-state index in [0.717, 1.165) is 14.6 Å². The maximum atomic E-state index is 6.11. The van der Waals surface area contributed by atoms with E-state index in [1.54, 1.807) is 6.20 Å². The average molecular weight is 391 g/mol. The molecule has 0 bridgehead atoms. The quantitative estimate of drug-likeness (QED) is 0.688. The molecule has 0 saturated carbocycles. The van der Waals surface area contributed by atoms with E-state index in [2.05, 4.69) is 60.7 Å². The first kappa shape index (κ1) is 13.9. The fraction of sp³-hybridized carbons (Fsp3) is 0.250. The molecule has 0 radical (unpaired) electrons. The van der Waals surface area contributed by atoms with E-state index in [4.69, 9.17) is 11.6 Å². The number of hydrogen-bond acceptors (Lipinski definition) is 3. The van der Waals surface area contributed by atoms with Crippen molar-refractivity contribution in [3.63, 3.8) is 0 Å². The summed E-state index contributed by atoms with van der Waals surface area (Å²) in [5, 5.41) is 0.411. The Labute approximate surface area is 127 Å². The first-order valence-corrected chi connectivity index (χ1v) is 7.30. The summed E-state index contributed by atoms with van der Waals surface area (Å²) in [6, 6.07) is 3.75. The van der Waals surface area contributed by atoms with E-state index >= 15 is 0 Å². The number of rotatable bonds is 2. The zero-order valence-corrected chi connectivity index (χ0v) is 13.7. The molecular formula is C12H10Br2ClN3. The van der Waals surface area contributed by atoms with Gasteiger partial charge in [-0.1, -0.05) is 25.4 Å². The molecule has 0 aliphatic rings. The largest absolute Gasteiger partial charge is 0.252 e. The molecule has 3 nitrogen and oxygen atoms in total. The number of pyridine rings is 1. The van der Waals surface area contributed by atoms with E-state index < -0.39 is 0 Å². The molecule has 0 aliphatic heterocycles. The van der Waals surface area contributed by atoms with Gasteiger partial charge in [0.15, 0.2) is 5.82 Å². The van der Waals surface area contributed by atoms with Gasteiger partial charge in [0.25, 0.3) is 0 Å². The van der Waals surface area contributed by atoms with Gasteiger partial charge in [-0.05, 0) is 49.9 Å². The molecule has 18 heavy (non-hydrogen) atoms. The van der Waals surface area contributed by atoms with Crippen LogP contribution in [-0.2, 0) is 0 Å². The van der Waals surface area contributed by atoms with Gasteiger partial charge in [0.1, 0.15) is 10.8 Å². The van der Waals surface area contributed by atoms with Crippen LogP contribution in [0.1, 0.15) is 25.5 Å². The van der Waals surface area contributed by atoms with Crippen molar-refractivity contribution in [1.82, 2.24) is 15.0 Å². The highest BCUT2D eigenvalue weighted by Gasteiger charge is 2.15. The van der Waals surface area contributed by atoms with Gasteiger partial charge < -0.3 is 0 Å². The summed E-state index contributed by atoms with van der Waals surface area (Å²) in [7, 11) is 0. The highest BCUT2D eigenvalue weighted by molar-refractivity contribution is 9.10. The van der Waals surface area contributed by atoms with Crippen molar-refractivity contribution < 1.29 is 0 Å². The van der Waals surface area contributed by atoms with Crippen LogP contribution in [0.15, 0.2) is 27.3 Å². The summed E-state index contributed by atoms with van der Waals surface area (Å²) in [5.41, 5.74) is 1.59. The first-order valence-electron chi connectivity index (χ1n) is 5.34. The molecule has 0 N–H and O–H groups in total. The molecule has 2 aromatic rings. The Morgan fingerprint density at radius 1 is 1.17 bits per heavy atom. The third-order valence-electron chi connectivity index (χ3n) is 2.34. The monoisotopic (exact) mass is 389 g/mol. The highest BCUT2D eigenvalue weighted by Crippen LogP contribution is 2.30. The minimum absolute atomic E-state index is 0.258. The molecule has 6 heteroatoms. The van der Waals surface area contributed by atoms with Crippen LogP contribution in [0, 0.1) is 0 Å². The molecule has 0 aromatic carbocycles. The van der Waals surface area contributed by atoms with E-state index in [-0.39, 0.29) is 5.92 Å². The lowest BCUT2D eigenvalue weighted by Crippen LogP contribution is -2.01. The fourth-order valence-corrected chi connectivity index (χ4v) is 2.49. The zero-order valence-electron chi connectivity index (χ0n) is 9.78. The predicted molar refractivity (Wildman–Crippen MR) is 79.8 cm³/mol. The summed E-state index contributed by atoms with van der Waals surface area (Å²) in [5.74, 6) is 0.800. The van der Waals surface area contributed by atoms with Gasteiger partial charge in [0, 0.05) is 10.7 Å². The average Bonchev–Trinajstić information content (AvgIpc) is 2.33. The molecule has 2 heterocycles. The van der Waals surface area contributed by atoms with E-state index in [9.17, 15) is 0 Å². The van der Waals surface area contributed by atoms with Gasteiger partial charge in [-0.2, -0.15) is 0 Å². The Kier molecular flexibility index (Phi) is 4.35. The maximum absolute atomic E-state index is 6.11. The van der Waals surface area contributed by atoms with E-state index in [1.165, 1.54) is 0 Å². The van der Waals surface area contributed by atoms with Crippen LogP contribution in [0.2, 0.25) is 5.15 Å². The molecule has 2 rings (SSSR count). The van der Waals surface area contributed by atoms with Gasteiger partial charge in [-0.3, -0.25) is 4.98 Å². The number of nitrogens with zero attached hydrogens (tertiary/aromatic N) is 3. The van der Waals surface area contributed by atoms with Gasteiger partial charge in [0.05, 0.1) is 10.2 Å². The number of aromatic nitrogens is 3. The van der Waals surface area contributed by atoms with Crippen LogP contribution < -0.4 is 0 Å². The smallest absolute Gasteiger partial charge is 0.179 e. The minimum atomic E-state index is 0.258. The van der Waals surface area contributed by atoms with Crippen molar-refractivity contribution in [3.8, 4) is 11.5 Å². The minimum Gasteiger partial charge on any atom is -0.252 e. The Morgan fingerprint density at radius 3 is 2.44 bits per heavy atom. The lowest BCUT2D eigenvalue weighted by Gasteiger charge is -2.10. The van der Waals surface area contributed by atoms with Gasteiger partial charge in [0.2, 0.25) is 0 Å². The second kappa shape index (κ2) is 5.63. The third kappa shape index (κ3) is 2.90. The summed E-state index contributed by atoms with van der Waals surface area (Å²) >= 11 is 12.9. The molecule has 0 spiro atoms. The highest BCUT2D eigenvalue weighted by atomic mass is 79.9. The molecule has 94 valence electrons. The van der Waals surface area contributed by atoms with E-state index in [0.29, 0.717) is 16.7 Å². The van der Waals surface area contributed by atoms with Crippen molar-refractivity contribution in [2.75, 3.05) is 0 Å². The van der Waals surface area contributed by atoms with Crippen LogP contribution in [0.4, 0.5) is 0 Å².